The van der Waals surface area contributed by atoms with Crippen LogP contribution in [-0.4, -0.2) is 27.9 Å². The fourth-order valence-corrected chi connectivity index (χ4v) is 2.19. The predicted molar refractivity (Wildman–Crippen MR) is 63.6 cm³/mol. The first-order chi connectivity index (χ1) is 7.99. The molecule has 1 aromatic carbocycles. The van der Waals surface area contributed by atoms with Crippen molar-refractivity contribution in [1.82, 2.24) is 10.0 Å². The summed E-state index contributed by atoms with van der Waals surface area (Å²) in [7, 11) is -2.23. The largest absolute Gasteiger partial charge is 0.326 e. The Bertz CT molecular complexity index is 482. The van der Waals surface area contributed by atoms with Gasteiger partial charge in [0.1, 0.15) is 0 Å². The number of carbonyl (C=O) groups is 1. The fourth-order valence-electron chi connectivity index (χ4n) is 1.21. The van der Waals surface area contributed by atoms with Gasteiger partial charge in [-0.2, -0.15) is 0 Å². The Hall–Kier alpha value is -1.44. The number of nitrogens with one attached hydrogen (secondary N) is 2. The van der Waals surface area contributed by atoms with Crippen LogP contribution in [-0.2, 0) is 21.4 Å². The molecule has 0 spiro atoms. The average Bonchev–Trinajstić information content (AvgIpc) is 2.28. The van der Waals surface area contributed by atoms with Crippen LogP contribution in [0.1, 0.15) is 5.56 Å². The second-order valence-electron chi connectivity index (χ2n) is 3.41. The van der Waals surface area contributed by atoms with Gasteiger partial charge in [-0.15, -0.1) is 0 Å². The van der Waals surface area contributed by atoms with Crippen molar-refractivity contribution in [3.8, 4) is 0 Å². The molecule has 7 heteroatoms. The third-order valence-corrected chi connectivity index (χ3v) is 3.44. The van der Waals surface area contributed by atoms with Crippen molar-refractivity contribution in [1.29, 1.82) is 0 Å². The standard InChI is InChI=1S/C10H15N3O3S/c1-12-7-10(14)13-17(15,16)9-4-2-8(6-11)3-5-9/h2-5,12H,6-7,11H2,1H3,(H,13,14). The van der Waals surface area contributed by atoms with Gasteiger partial charge in [-0.05, 0) is 24.7 Å². The van der Waals surface area contributed by atoms with Crippen molar-refractivity contribution in [3.05, 3.63) is 29.8 Å². The normalized spacial score (nSPS) is 11.2. The van der Waals surface area contributed by atoms with E-state index in [-0.39, 0.29) is 11.4 Å². The first-order valence-electron chi connectivity index (χ1n) is 4.99. The van der Waals surface area contributed by atoms with Crippen molar-refractivity contribution in [2.75, 3.05) is 13.6 Å². The Kier molecular flexibility index (Phi) is 4.62. The molecule has 17 heavy (non-hydrogen) atoms. The number of benzene rings is 1. The van der Waals surface area contributed by atoms with Gasteiger partial charge in [0.2, 0.25) is 5.91 Å². The maximum absolute atomic E-state index is 11.7. The van der Waals surface area contributed by atoms with Gasteiger partial charge < -0.3 is 11.1 Å². The third kappa shape index (κ3) is 3.81. The molecule has 94 valence electrons. The van der Waals surface area contributed by atoms with E-state index >= 15 is 0 Å². The molecule has 1 rings (SSSR count). The van der Waals surface area contributed by atoms with E-state index in [1.807, 2.05) is 4.72 Å². The number of amides is 1. The van der Waals surface area contributed by atoms with Gasteiger partial charge in [-0.25, -0.2) is 13.1 Å². The lowest BCUT2D eigenvalue weighted by atomic mass is 10.2. The molecule has 0 bridgehead atoms. The molecule has 6 nitrogen and oxygen atoms in total. The first-order valence-corrected chi connectivity index (χ1v) is 6.47. The molecule has 0 saturated carbocycles. The summed E-state index contributed by atoms with van der Waals surface area (Å²) in [5.41, 5.74) is 6.23. The van der Waals surface area contributed by atoms with Crippen LogP contribution in [0.2, 0.25) is 0 Å². The molecule has 0 atom stereocenters. The maximum atomic E-state index is 11.7. The number of hydrogen-bond donors (Lipinski definition) is 3. The Labute approximate surface area is 100 Å². The minimum absolute atomic E-state index is 0.0409. The zero-order chi connectivity index (χ0) is 12.9. The second-order valence-corrected chi connectivity index (χ2v) is 5.09. The fraction of sp³-hybridized carbons (Fsp3) is 0.300. The number of rotatable bonds is 5. The van der Waals surface area contributed by atoms with Gasteiger partial charge in [0.05, 0.1) is 11.4 Å². The Morgan fingerprint density at radius 1 is 1.29 bits per heavy atom. The first kappa shape index (κ1) is 13.6. The molecule has 0 unspecified atom stereocenters. The number of hydrogen-bond acceptors (Lipinski definition) is 5. The summed E-state index contributed by atoms with van der Waals surface area (Å²) < 4.78 is 25.4. The van der Waals surface area contributed by atoms with Crippen LogP contribution in [0.3, 0.4) is 0 Å². The molecule has 0 aliphatic heterocycles. The topological polar surface area (TPSA) is 101 Å². The molecule has 4 N–H and O–H groups in total. The zero-order valence-corrected chi connectivity index (χ0v) is 10.3. The Morgan fingerprint density at radius 2 is 1.88 bits per heavy atom. The van der Waals surface area contributed by atoms with Crippen molar-refractivity contribution in [2.24, 2.45) is 5.73 Å². The molecule has 0 aliphatic carbocycles. The van der Waals surface area contributed by atoms with Crippen molar-refractivity contribution >= 4 is 15.9 Å². The summed E-state index contributed by atoms with van der Waals surface area (Å²) in [5, 5.41) is 2.57. The summed E-state index contributed by atoms with van der Waals surface area (Å²) in [6.45, 7) is 0.284. The van der Waals surface area contributed by atoms with E-state index < -0.39 is 15.9 Å². The SMILES string of the molecule is CNCC(=O)NS(=O)(=O)c1ccc(CN)cc1. The van der Waals surface area contributed by atoms with Crippen LogP contribution in [0.25, 0.3) is 0 Å². The molecule has 0 saturated heterocycles. The van der Waals surface area contributed by atoms with E-state index in [1.165, 1.54) is 12.1 Å². The van der Waals surface area contributed by atoms with Crippen LogP contribution in [0, 0.1) is 0 Å². The lowest BCUT2D eigenvalue weighted by molar-refractivity contribution is -0.118. The van der Waals surface area contributed by atoms with E-state index in [9.17, 15) is 13.2 Å². The van der Waals surface area contributed by atoms with E-state index in [0.717, 1.165) is 5.56 Å². The molecule has 0 fully saturated rings. The summed E-state index contributed by atoms with van der Waals surface area (Å²) in [6.07, 6.45) is 0. The van der Waals surface area contributed by atoms with Crippen molar-refractivity contribution in [3.63, 3.8) is 0 Å². The highest BCUT2D eigenvalue weighted by atomic mass is 32.2. The van der Waals surface area contributed by atoms with Crippen molar-refractivity contribution in [2.45, 2.75) is 11.4 Å². The quantitative estimate of drug-likeness (QED) is 0.639. The zero-order valence-electron chi connectivity index (χ0n) is 9.43. The molecule has 0 aromatic heterocycles. The van der Waals surface area contributed by atoms with Crippen LogP contribution < -0.4 is 15.8 Å². The molecular formula is C10H15N3O3S. The lowest BCUT2D eigenvalue weighted by Gasteiger charge is -2.07. The van der Waals surface area contributed by atoms with E-state index in [4.69, 9.17) is 5.73 Å². The van der Waals surface area contributed by atoms with E-state index in [0.29, 0.717) is 6.54 Å². The highest BCUT2D eigenvalue weighted by molar-refractivity contribution is 7.90. The molecule has 1 aromatic rings. The summed E-state index contributed by atoms with van der Waals surface area (Å²) in [6, 6.07) is 6.04. The average molecular weight is 257 g/mol. The second kappa shape index (κ2) is 5.76. The van der Waals surface area contributed by atoms with Crippen LogP contribution in [0.15, 0.2) is 29.2 Å². The van der Waals surface area contributed by atoms with Crippen LogP contribution in [0.5, 0.6) is 0 Å². The highest BCUT2D eigenvalue weighted by Gasteiger charge is 2.16. The summed E-state index contributed by atoms with van der Waals surface area (Å²) in [4.78, 5) is 11.2. The summed E-state index contributed by atoms with van der Waals surface area (Å²) in [5.74, 6) is -0.601. The Morgan fingerprint density at radius 3 is 2.35 bits per heavy atom. The number of carbonyl (C=O) groups excluding carboxylic acids is 1. The van der Waals surface area contributed by atoms with Crippen LogP contribution in [0.4, 0.5) is 0 Å². The molecular weight excluding hydrogens is 242 g/mol. The van der Waals surface area contributed by atoms with Gasteiger partial charge in [0, 0.05) is 6.54 Å². The van der Waals surface area contributed by atoms with Crippen molar-refractivity contribution < 1.29 is 13.2 Å². The van der Waals surface area contributed by atoms with Gasteiger partial charge in [-0.1, -0.05) is 12.1 Å². The molecule has 0 aliphatic rings. The molecule has 0 radical (unpaired) electrons. The minimum Gasteiger partial charge on any atom is -0.326 e. The smallest absolute Gasteiger partial charge is 0.264 e. The number of sulfonamides is 1. The van der Waals surface area contributed by atoms with Gasteiger partial charge in [-0.3, -0.25) is 4.79 Å². The van der Waals surface area contributed by atoms with Gasteiger partial charge >= 0.3 is 0 Å². The third-order valence-electron chi connectivity index (χ3n) is 2.05. The predicted octanol–water partition coefficient (Wildman–Crippen LogP) is -0.830. The molecule has 1 amide bonds. The monoisotopic (exact) mass is 257 g/mol. The highest BCUT2D eigenvalue weighted by Crippen LogP contribution is 2.09. The number of likely N-dealkylation sites (N-methyl/N-ethyl adjacent to an activating group) is 1. The van der Waals surface area contributed by atoms with Gasteiger partial charge in [0.25, 0.3) is 10.0 Å². The molecule has 0 heterocycles. The maximum Gasteiger partial charge on any atom is 0.264 e. The van der Waals surface area contributed by atoms with Gasteiger partial charge in [0.15, 0.2) is 0 Å². The Balaban J connectivity index is 2.85. The van der Waals surface area contributed by atoms with Crippen LogP contribution >= 0.6 is 0 Å². The van der Waals surface area contributed by atoms with E-state index in [2.05, 4.69) is 5.32 Å². The van der Waals surface area contributed by atoms with E-state index in [1.54, 1.807) is 19.2 Å². The number of nitrogens with two attached hydrogens (primary N) is 1. The summed E-state index contributed by atoms with van der Waals surface area (Å²) >= 11 is 0. The lowest BCUT2D eigenvalue weighted by Crippen LogP contribution is -2.36. The minimum atomic E-state index is -3.79.